The molecule has 2 saturated carbocycles. The summed E-state index contributed by atoms with van der Waals surface area (Å²) in [7, 11) is 0. The van der Waals surface area contributed by atoms with Gasteiger partial charge in [0.05, 0.1) is 6.10 Å². The molecule has 2 N–H and O–H groups in total. The van der Waals surface area contributed by atoms with E-state index >= 15 is 0 Å². The highest BCUT2D eigenvalue weighted by molar-refractivity contribution is 7.12. The third-order valence-electron chi connectivity index (χ3n) is 4.57. The second-order valence-corrected chi connectivity index (χ2v) is 7.65. The molecule has 20 heavy (non-hydrogen) atoms. The van der Waals surface area contributed by atoms with Crippen LogP contribution >= 0.6 is 11.3 Å². The number of aryl methyl sites for hydroxylation is 1. The first kappa shape index (κ1) is 14.1. The molecule has 3 nitrogen and oxygen atoms in total. The largest absolute Gasteiger partial charge is 0.393 e. The van der Waals surface area contributed by atoms with Crippen molar-refractivity contribution in [2.75, 3.05) is 6.54 Å². The topological polar surface area (TPSA) is 49.3 Å². The second-order valence-electron chi connectivity index (χ2n) is 6.33. The SMILES string of the molecule is Cc1ccc(C2CC2C(=O)NCC2CCCC(O)C2)s1. The van der Waals surface area contributed by atoms with E-state index in [4.69, 9.17) is 0 Å². The van der Waals surface area contributed by atoms with E-state index in [1.165, 1.54) is 9.75 Å². The Morgan fingerprint density at radius 1 is 1.40 bits per heavy atom. The van der Waals surface area contributed by atoms with Crippen molar-refractivity contribution in [2.45, 2.75) is 51.0 Å². The molecule has 4 atom stereocenters. The summed E-state index contributed by atoms with van der Waals surface area (Å²) in [5.74, 6) is 1.30. The van der Waals surface area contributed by atoms with Crippen LogP contribution in [0.3, 0.4) is 0 Å². The van der Waals surface area contributed by atoms with Gasteiger partial charge in [0.15, 0.2) is 0 Å². The molecule has 4 unspecified atom stereocenters. The molecule has 2 aliphatic carbocycles. The second kappa shape index (κ2) is 5.86. The van der Waals surface area contributed by atoms with Crippen molar-refractivity contribution in [3.8, 4) is 0 Å². The Morgan fingerprint density at radius 2 is 2.25 bits per heavy atom. The third-order valence-corrected chi connectivity index (χ3v) is 5.71. The zero-order valence-corrected chi connectivity index (χ0v) is 12.8. The minimum absolute atomic E-state index is 0.159. The lowest BCUT2D eigenvalue weighted by molar-refractivity contribution is -0.122. The number of nitrogens with one attached hydrogen (secondary N) is 1. The van der Waals surface area contributed by atoms with E-state index in [9.17, 15) is 9.90 Å². The van der Waals surface area contributed by atoms with Crippen molar-refractivity contribution in [3.05, 3.63) is 21.9 Å². The van der Waals surface area contributed by atoms with Gasteiger partial charge in [-0.15, -0.1) is 11.3 Å². The minimum atomic E-state index is -0.159. The highest BCUT2D eigenvalue weighted by Crippen LogP contribution is 2.49. The van der Waals surface area contributed by atoms with Crippen LogP contribution in [0.15, 0.2) is 12.1 Å². The Balaban J connectivity index is 1.44. The minimum Gasteiger partial charge on any atom is -0.393 e. The number of carbonyl (C=O) groups is 1. The van der Waals surface area contributed by atoms with E-state index in [0.717, 1.165) is 38.6 Å². The number of amides is 1. The van der Waals surface area contributed by atoms with Crippen molar-refractivity contribution in [2.24, 2.45) is 11.8 Å². The molecule has 0 radical (unpaired) electrons. The molecule has 1 aromatic rings. The Bertz CT molecular complexity index is 485. The maximum absolute atomic E-state index is 12.2. The van der Waals surface area contributed by atoms with E-state index in [1.807, 2.05) is 11.3 Å². The molecule has 0 bridgehead atoms. The fourth-order valence-corrected chi connectivity index (χ4v) is 4.33. The van der Waals surface area contributed by atoms with Gasteiger partial charge in [-0.3, -0.25) is 4.79 Å². The first-order valence-corrected chi connectivity index (χ1v) is 8.47. The Morgan fingerprint density at radius 3 is 2.95 bits per heavy atom. The number of carbonyl (C=O) groups excluding carboxylic acids is 1. The zero-order valence-electron chi connectivity index (χ0n) is 12.0. The number of hydrogen-bond donors (Lipinski definition) is 2. The number of rotatable bonds is 4. The van der Waals surface area contributed by atoms with Crippen molar-refractivity contribution >= 4 is 17.2 Å². The first-order valence-electron chi connectivity index (χ1n) is 7.65. The molecule has 3 rings (SSSR count). The fourth-order valence-electron chi connectivity index (χ4n) is 3.28. The molecule has 1 heterocycles. The molecule has 0 aliphatic heterocycles. The maximum Gasteiger partial charge on any atom is 0.223 e. The lowest BCUT2D eigenvalue weighted by Gasteiger charge is -2.25. The van der Waals surface area contributed by atoms with E-state index in [2.05, 4.69) is 24.4 Å². The van der Waals surface area contributed by atoms with Gasteiger partial charge >= 0.3 is 0 Å². The van der Waals surface area contributed by atoms with Crippen molar-refractivity contribution in [1.82, 2.24) is 5.32 Å². The maximum atomic E-state index is 12.2. The lowest BCUT2D eigenvalue weighted by atomic mass is 9.87. The average Bonchev–Trinajstić information content (AvgIpc) is 3.12. The van der Waals surface area contributed by atoms with Gasteiger partial charge in [0.25, 0.3) is 0 Å². The number of aliphatic hydroxyl groups is 1. The summed E-state index contributed by atoms with van der Waals surface area (Å²) >= 11 is 1.81. The Kier molecular flexibility index (Phi) is 4.13. The molecule has 2 aliphatic rings. The molecular weight excluding hydrogens is 270 g/mol. The van der Waals surface area contributed by atoms with Gasteiger partial charge in [-0.05, 0) is 50.7 Å². The van der Waals surface area contributed by atoms with Gasteiger partial charge in [-0.25, -0.2) is 0 Å². The fraction of sp³-hybridized carbons (Fsp3) is 0.688. The monoisotopic (exact) mass is 293 g/mol. The predicted molar refractivity (Wildman–Crippen MR) is 80.9 cm³/mol. The molecule has 1 aromatic heterocycles. The van der Waals surface area contributed by atoms with Crippen molar-refractivity contribution < 1.29 is 9.90 Å². The van der Waals surface area contributed by atoms with Crippen LogP contribution in [0.25, 0.3) is 0 Å². The van der Waals surface area contributed by atoms with Crippen LogP contribution in [0.2, 0.25) is 0 Å². The van der Waals surface area contributed by atoms with Gasteiger partial charge in [0.1, 0.15) is 0 Å². The predicted octanol–water partition coefficient (Wildman–Crippen LogP) is 2.83. The number of thiophene rings is 1. The summed E-state index contributed by atoms with van der Waals surface area (Å²) in [5, 5.41) is 12.7. The zero-order chi connectivity index (χ0) is 14.1. The quantitative estimate of drug-likeness (QED) is 0.897. The number of aliphatic hydroxyl groups excluding tert-OH is 1. The van der Waals surface area contributed by atoms with E-state index in [1.54, 1.807) is 0 Å². The van der Waals surface area contributed by atoms with Gasteiger partial charge in [0.2, 0.25) is 5.91 Å². The summed E-state index contributed by atoms with van der Waals surface area (Å²) in [6.07, 6.45) is 4.83. The highest BCUT2D eigenvalue weighted by Gasteiger charge is 2.44. The first-order chi connectivity index (χ1) is 9.63. The lowest BCUT2D eigenvalue weighted by Crippen LogP contribution is -2.33. The number of hydrogen-bond acceptors (Lipinski definition) is 3. The van der Waals surface area contributed by atoms with Crippen LogP contribution in [-0.2, 0) is 4.79 Å². The smallest absolute Gasteiger partial charge is 0.223 e. The van der Waals surface area contributed by atoms with Gasteiger partial charge < -0.3 is 10.4 Å². The molecule has 0 spiro atoms. The van der Waals surface area contributed by atoms with E-state index < -0.39 is 0 Å². The van der Waals surface area contributed by atoms with Crippen LogP contribution in [0.1, 0.15) is 47.8 Å². The van der Waals surface area contributed by atoms with Crippen molar-refractivity contribution in [3.63, 3.8) is 0 Å². The summed E-state index contributed by atoms with van der Waals surface area (Å²) < 4.78 is 0. The van der Waals surface area contributed by atoms with Gasteiger partial charge in [0, 0.05) is 28.1 Å². The van der Waals surface area contributed by atoms with Crippen molar-refractivity contribution in [1.29, 1.82) is 0 Å². The Labute approximate surface area is 124 Å². The molecule has 4 heteroatoms. The molecule has 1 amide bonds. The highest BCUT2D eigenvalue weighted by atomic mass is 32.1. The molecule has 0 saturated heterocycles. The van der Waals surface area contributed by atoms with Crippen LogP contribution in [0.4, 0.5) is 0 Å². The van der Waals surface area contributed by atoms with Crippen LogP contribution in [0.5, 0.6) is 0 Å². The standard InChI is InChI=1S/C16H23NO2S/c1-10-5-6-15(20-10)13-8-14(13)16(19)17-9-11-3-2-4-12(18)7-11/h5-6,11-14,18H,2-4,7-9H2,1H3,(H,17,19). The van der Waals surface area contributed by atoms with Gasteiger partial charge in [-0.1, -0.05) is 6.42 Å². The van der Waals surface area contributed by atoms with Gasteiger partial charge in [-0.2, -0.15) is 0 Å². The summed E-state index contributed by atoms with van der Waals surface area (Å²) in [6, 6.07) is 4.30. The third kappa shape index (κ3) is 3.23. The average molecular weight is 293 g/mol. The molecule has 0 aromatic carbocycles. The summed E-state index contributed by atoms with van der Waals surface area (Å²) in [4.78, 5) is 14.8. The van der Waals surface area contributed by atoms with Crippen LogP contribution in [0, 0.1) is 18.8 Å². The van der Waals surface area contributed by atoms with Crippen LogP contribution in [-0.4, -0.2) is 23.7 Å². The molecule has 110 valence electrons. The van der Waals surface area contributed by atoms with E-state index in [-0.39, 0.29) is 17.9 Å². The molecular formula is C16H23NO2S. The van der Waals surface area contributed by atoms with Crippen LogP contribution < -0.4 is 5.32 Å². The van der Waals surface area contributed by atoms with E-state index in [0.29, 0.717) is 11.8 Å². The molecule has 2 fully saturated rings. The summed E-state index contributed by atoms with van der Waals surface area (Å²) in [5.41, 5.74) is 0. The summed E-state index contributed by atoms with van der Waals surface area (Å²) in [6.45, 7) is 2.85. The Hall–Kier alpha value is -0.870. The normalized spacial score (nSPS) is 32.9.